The van der Waals surface area contributed by atoms with Gasteiger partial charge in [-0.05, 0) is 43.5 Å². The molecule has 0 bridgehead atoms. The van der Waals surface area contributed by atoms with Crippen molar-refractivity contribution in [2.75, 3.05) is 20.0 Å². The molecule has 0 spiro atoms. The largest absolute Gasteiger partial charge is 0.455 e. The van der Waals surface area contributed by atoms with Gasteiger partial charge in [-0.15, -0.1) is 0 Å². The zero-order valence-electron chi connectivity index (χ0n) is 28.0. The first-order valence-corrected chi connectivity index (χ1v) is 17.2. The standard InChI is InChI=1S/C37H50O10/c1-6-7-8-9-10-11-15-18-44-37-24(5)29(46-32(40)25-16-13-12-14-17-25)36(22(2)3)31(43-21-45-36)27(37)30-34(20-38,47-30)33(41)35(42)26(37)19-23(4)28(35)39/h12-14,16-17,19,24,26-27,29-31,33,38,41-42H,2,6-11,15,18,20-21H2,1,3-5H3/t24-,26+,27-,29-,30-,31+,33+,34-,35-,36+,37-/m0/s1. The number of hydrogen-bond acceptors (Lipinski definition) is 10. The van der Waals surface area contributed by atoms with Crippen molar-refractivity contribution in [1.82, 2.24) is 0 Å². The molecular weight excluding hydrogens is 604 g/mol. The van der Waals surface area contributed by atoms with E-state index in [4.69, 9.17) is 23.7 Å². The molecule has 0 radical (unpaired) electrons. The van der Waals surface area contributed by atoms with Crippen LogP contribution in [-0.2, 0) is 28.5 Å². The van der Waals surface area contributed by atoms with Crippen molar-refractivity contribution < 1.29 is 48.6 Å². The van der Waals surface area contributed by atoms with Crippen molar-refractivity contribution in [1.29, 1.82) is 0 Å². The van der Waals surface area contributed by atoms with E-state index >= 15 is 0 Å². The normalized spacial score (nSPS) is 41.6. The van der Waals surface area contributed by atoms with Crippen molar-refractivity contribution in [3.8, 4) is 0 Å². The first-order valence-electron chi connectivity index (χ1n) is 17.2. The van der Waals surface area contributed by atoms with Crippen molar-refractivity contribution >= 4 is 11.8 Å². The fraction of sp³-hybridized carbons (Fsp3) is 0.676. The van der Waals surface area contributed by atoms with Gasteiger partial charge in [0.2, 0.25) is 0 Å². The van der Waals surface area contributed by atoms with Gasteiger partial charge in [0, 0.05) is 24.4 Å². The third-order valence-corrected chi connectivity index (χ3v) is 11.7. The zero-order chi connectivity index (χ0) is 33.8. The number of esters is 1. The van der Waals surface area contributed by atoms with Crippen LogP contribution in [0.25, 0.3) is 0 Å². The molecule has 0 unspecified atom stereocenters. The van der Waals surface area contributed by atoms with Crippen LogP contribution in [0.1, 0.15) is 83.0 Å². The molecule has 0 amide bonds. The number of hydrogen-bond donors (Lipinski definition) is 3. The molecule has 2 saturated carbocycles. The zero-order valence-corrected chi connectivity index (χ0v) is 28.0. The Morgan fingerprint density at radius 1 is 1.09 bits per heavy atom. The number of carbonyl (C=O) groups is 2. The highest BCUT2D eigenvalue weighted by Gasteiger charge is 2.86. The summed E-state index contributed by atoms with van der Waals surface area (Å²) < 4.78 is 32.5. The molecular formula is C37H50O10. The Balaban J connectivity index is 1.48. The molecule has 47 heavy (non-hydrogen) atoms. The van der Waals surface area contributed by atoms with Crippen molar-refractivity contribution in [2.24, 2.45) is 17.8 Å². The smallest absolute Gasteiger partial charge is 0.338 e. The maximum atomic E-state index is 13.9. The number of epoxide rings is 1. The minimum absolute atomic E-state index is 0.141. The van der Waals surface area contributed by atoms with Gasteiger partial charge in [-0.2, -0.15) is 0 Å². The molecule has 6 rings (SSSR count). The maximum Gasteiger partial charge on any atom is 0.338 e. The molecule has 2 aliphatic heterocycles. The lowest BCUT2D eigenvalue weighted by atomic mass is 9.53. The van der Waals surface area contributed by atoms with Crippen LogP contribution >= 0.6 is 0 Å². The second kappa shape index (κ2) is 12.8. The number of benzene rings is 1. The predicted octanol–water partition coefficient (Wildman–Crippen LogP) is 4.05. The van der Waals surface area contributed by atoms with Crippen LogP contribution in [0, 0.1) is 17.8 Å². The summed E-state index contributed by atoms with van der Waals surface area (Å²) in [5.41, 5.74) is -5.64. The Morgan fingerprint density at radius 2 is 1.77 bits per heavy atom. The summed E-state index contributed by atoms with van der Waals surface area (Å²) >= 11 is 0. The summed E-state index contributed by atoms with van der Waals surface area (Å²) in [7, 11) is 0. The van der Waals surface area contributed by atoms with Crippen LogP contribution in [0.5, 0.6) is 0 Å². The highest BCUT2D eigenvalue weighted by molar-refractivity contribution is 6.05. The number of Topliss-reactive ketones (excluding diaryl/α,β-unsaturated/α-hetero) is 1. The number of carbonyl (C=O) groups excluding carboxylic acids is 2. The van der Waals surface area contributed by atoms with Crippen molar-refractivity contribution in [3.63, 3.8) is 0 Å². The Hall–Kier alpha value is -2.44. The summed E-state index contributed by atoms with van der Waals surface area (Å²) in [5.74, 6) is -3.81. The first-order chi connectivity index (χ1) is 22.5. The number of aliphatic hydroxyl groups excluding tert-OH is 2. The average Bonchev–Trinajstić information content (AvgIpc) is 3.56. The third kappa shape index (κ3) is 4.93. The minimum Gasteiger partial charge on any atom is -0.455 e. The lowest BCUT2D eigenvalue weighted by Crippen LogP contribution is -2.76. The fourth-order valence-corrected chi connectivity index (χ4v) is 9.31. The maximum absolute atomic E-state index is 13.9. The van der Waals surface area contributed by atoms with Crippen LogP contribution in [0.3, 0.4) is 0 Å². The summed E-state index contributed by atoms with van der Waals surface area (Å²) in [6.07, 6.45) is 4.50. The Morgan fingerprint density at radius 3 is 2.43 bits per heavy atom. The molecule has 2 saturated heterocycles. The molecule has 1 aromatic carbocycles. The predicted molar refractivity (Wildman–Crippen MR) is 171 cm³/mol. The quantitative estimate of drug-likeness (QED) is 0.123. The third-order valence-electron chi connectivity index (χ3n) is 11.7. The highest BCUT2D eigenvalue weighted by Crippen LogP contribution is 2.68. The van der Waals surface area contributed by atoms with E-state index in [1.54, 1.807) is 44.2 Å². The van der Waals surface area contributed by atoms with E-state index in [0.29, 0.717) is 11.1 Å². The molecule has 258 valence electrons. The average molecular weight is 655 g/mol. The molecule has 4 fully saturated rings. The van der Waals surface area contributed by atoms with Crippen LogP contribution in [0.2, 0.25) is 0 Å². The van der Waals surface area contributed by atoms with E-state index in [2.05, 4.69) is 13.5 Å². The van der Waals surface area contributed by atoms with E-state index in [0.717, 1.165) is 25.7 Å². The minimum atomic E-state index is -2.37. The number of fused-ring (bicyclic) bond motifs is 7. The lowest BCUT2D eigenvalue weighted by Gasteiger charge is -2.60. The molecule has 10 heteroatoms. The number of unbranched alkanes of at least 4 members (excludes halogenated alkanes) is 6. The molecule has 10 nitrogen and oxygen atoms in total. The second-order valence-corrected chi connectivity index (χ2v) is 14.3. The van der Waals surface area contributed by atoms with Gasteiger partial charge in [0.1, 0.15) is 36.8 Å². The van der Waals surface area contributed by atoms with Gasteiger partial charge in [0.05, 0.1) is 17.8 Å². The molecule has 1 aromatic rings. The van der Waals surface area contributed by atoms with Gasteiger partial charge in [-0.3, -0.25) is 4.79 Å². The fourth-order valence-electron chi connectivity index (χ4n) is 9.31. The van der Waals surface area contributed by atoms with Gasteiger partial charge in [0.15, 0.2) is 17.0 Å². The summed E-state index contributed by atoms with van der Waals surface area (Å²) in [4.78, 5) is 27.7. The SMILES string of the molecule is C=C(C)[C@]12OCO[C@@H]1[C@@H]1[C@@H]3O[C@]3(CO)[C@@H](O)[C@@]3(O)C(=O)C(C)=C[C@H]3[C@@]1(OCCCCCCCCC)[C@@H](C)[C@@H]2OC(=O)c1ccccc1. The number of rotatable bonds is 13. The Bertz CT molecular complexity index is 1390. The van der Waals surface area contributed by atoms with E-state index in [1.807, 2.05) is 13.0 Å². The Labute approximate surface area is 277 Å². The number of ether oxygens (including phenoxy) is 5. The monoisotopic (exact) mass is 654 g/mol. The molecule has 3 aliphatic carbocycles. The number of aliphatic hydroxyl groups is 3. The molecule has 5 aliphatic rings. The topological polar surface area (TPSA) is 144 Å². The lowest BCUT2D eigenvalue weighted by molar-refractivity contribution is -0.274. The number of ketones is 1. The van der Waals surface area contributed by atoms with Crippen molar-refractivity contribution in [2.45, 2.75) is 119 Å². The van der Waals surface area contributed by atoms with Crippen molar-refractivity contribution in [3.05, 3.63) is 59.7 Å². The van der Waals surface area contributed by atoms with Gasteiger partial charge in [-0.25, -0.2) is 4.79 Å². The van der Waals surface area contributed by atoms with Gasteiger partial charge in [-0.1, -0.05) is 83.2 Å². The summed E-state index contributed by atoms with van der Waals surface area (Å²) in [6, 6.07) is 8.64. The van der Waals surface area contributed by atoms with E-state index in [9.17, 15) is 24.9 Å². The Kier molecular flexibility index (Phi) is 9.36. The second-order valence-electron chi connectivity index (χ2n) is 14.3. The molecule has 11 atom stereocenters. The van der Waals surface area contributed by atoms with Gasteiger partial charge < -0.3 is 39.0 Å². The molecule has 2 heterocycles. The van der Waals surface area contributed by atoms with Gasteiger partial charge >= 0.3 is 5.97 Å². The highest BCUT2D eigenvalue weighted by atomic mass is 16.7. The summed E-state index contributed by atoms with van der Waals surface area (Å²) in [5, 5.41) is 35.1. The van der Waals surface area contributed by atoms with E-state index in [-0.39, 0.29) is 19.0 Å². The van der Waals surface area contributed by atoms with Crippen LogP contribution in [0.15, 0.2) is 54.1 Å². The van der Waals surface area contributed by atoms with Gasteiger partial charge in [0.25, 0.3) is 0 Å². The van der Waals surface area contributed by atoms with Crippen LogP contribution in [0.4, 0.5) is 0 Å². The van der Waals surface area contributed by atoms with E-state index in [1.165, 1.54) is 19.3 Å². The molecule has 3 N–H and O–H groups in total. The van der Waals surface area contributed by atoms with Crippen LogP contribution in [-0.4, -0.2) is 93.9 Å². The van der Waals surface area contributed by atoms with E-state index < -0.39 is 82.9 Å². The van der Waals surface area contributed by atoms with Crippen LogP contribution < -0.4 is 0 Å². The molecule has 0 aromatic heterocycles. The first kappa shape index (κ1) is 34.4. The summed E-state index contributed by atoms with van der Waals surface area (Å²) in [6.45, 7) is 11.2.